The van der Waals surface area contributed by atoms with Crippen LogP contribution in [-0.2, 0) is 11.3 Å². The predicted octanol–water partition coefficient (Wildman–Crippen LogP) is 3.08. The first kappa shape index (κ1) is 23.9. The number of nitrogen functional groups attached to an aromatic ring is 1. The summed E-state index contributed by atoms with van der Waals surface area (Å²) < 4.78 is 69.3. The van der Waals surface area contributed by atoms with Gasteiger partial charge in [0.1, 0.15) is 24.2 Å². The molecule has 0 unspecified atom stereocenters. The zero-order valence-corrected chi connectivity index (χ0v) is 18.8. The number of pyridine rings is 1. The van der Waals surface area contributed by atoms with Crippen LogP contribution < -0.4 is 5.73 Å². The van der Waals surface area contributed by atoms with Gasteiger partial charge in [-0.15, -0.1) is 0 Å². The van der Waals surface area contributed by atoms with E-state index in [0.29, 0.717) is 16.6 Å². The normalized spacial score (nSPS) is 18.6. The van der Waals surface area contributed by atoms with Crippen LogP contribution in [-0.4, -0.2) is 68.2 Å². The number of alkyl halides is 3. The van der Waals surface area contributed by atoms with E-state index in [1.807, 2.05) is 0 Å². The standard InChI is InChI=1S/C23H21F5N6O2/c24-13-3-4-17-15(6-13)21(12-9-32(10-12)22(36)14-7-19(29)30-8-16(14)25)31-34(17)11-20(35)33-5-1-2-18(33)23(26,27)28/h3-4,6-8,12,18H,1-2,5,9-11H2,(H2,29,30)/t18-/m0/s1. The smallest absolute Gasteiger partial charge is 0.384 e. The predicted molar refractivity (Wildman–Crippen MR) is 118 cm³/mol. The SMILES string of the molecule is Nc1cc(C(=O)N2CC(c3nn(CC(=O)N4CCC[C@H]4C(F)(F)F)c4ccc(F)cc34)C2)c(F)cn1. The molecule has 0 spiro atoms. The molecule has 2 saturated heterocycles. The van der Waals surface area contributed by atoms with E-state index < -0.39 is 42.2 Å². The van der Waals surface area contributed by atoms with Crippen LogP contribution in [0, 0.1) is 11.6 Å². The van der Waals surface area contributed by atoms with E-state index in [2.05, 4.69) is 10.1 Å². The fourth-order valence-electron chi connectivity index (χ4n) is 4.83. The van der Waals surface area contributed by atoms with E-state index in [9.17, 15) is 31.5 Å². The highest BCUT2D eigenvalue weighted by molar-refractivity contribution is 5.96. The van der Waals surface area contributed by atoms with Crippen LogP contribution in [0.4, 0.5) is 27.8 Å². The highest BCUT2D eigenvalue weighted by atomic mass is 19.4. The Morgan fingerprint density at radius 1 is 1.14 bits per heavy atom. The maximum Gasteiger partial charge on any atom is 0.408 e. The number of anilines is 1. The van der Waals surface area contributed by atoms with Crippen molar-refractivity contribution < 1.29 is 31.5 Å². The van der Waals surface area contributed by atoms with E-state index in [1.54, 1.807) is 0 Å². The highest BCUT2D eigenvalue weighted by Gasteiger charge is 2.47. The number of benzene rings is 1. The molecule has 2 amide bonds. The van der Waals surface area contributed by atoms with E-state index >= 15 is 0 Å². The Kier molecular flexibility index (Phi) is 5.80. The third-order valence-electron chi connectivity index (χ3n) is 6.64. The summed E-state index contributed by atoms with van der Waals surface area (Å²) in [7, 11) is 0. The Morgan fingerprint density at radius 2 is 1.89 bits per heavy atom. The van der Waals surface area contributed by atoms with Gasteiger partial charge in [-0.2, -0.15) is 18.3 Å². The Balaban J connectivity index is 1.37. The van der Waals surface area contributed by atoms with Crippen LogP contribution in [0.3, 0.4) is 0 Å². The van der Waals surface area contributed by atoms with Crippen molar-refractivity contribution in [3.05, 3.63) is 53.4 Å². The topological polar surface area (TPSA) is 97.3 Å². The molecule has 8 nitrogen and oxygen atoms in total. The van der Waals surface area contributed by atoms with Gasteiger partial charge < -0.3 is 15.5 Å². The maximum atomic E-state index is 14.0. The second-order valence-corrected chi connectivity index (χ2v) is 8.99. The average Bonchev–Trinajstić information content (AvgIpc) is 3.40. The summed E-state index contributed by atoms with van der Waals surface area (Å²) in [5.41, 5.74) is 6.12. The average molecular weight is 508 g/mol. The van der Waals surface area contributed by atoms with Gasteiger partial charge in [0.2, 0.25) is 5.91 Å². The monoisotopic (exact) mass is 508 g/mol. The van der Waals surface area contributed by atoms with Crippen molar-refractivity contribution in [1.29, 1.82) is 0 Å². The molecular formula is C23H21F5N6O2. The lowest BCUT2D eigenvalue weighted by Crippen LogP contribution is -2.49. The minimum absolute atomic E-state index is 0.000523. The molecule has 3 aromatic rings. The number of hydrogen-bond donors (Lipinski definition) is 1. The molecule has 2 N–H and O–H groups in total. The minimum atomic E-state index is -4.52. The van der Waals surface area contributed by atoms with Crippen molar-refractivity contribution in [2.45, 2.75) is 37.5 Å². The number of hydrogen-bond acceptors (Lipinski definition) is 5. The van der Waals surface area contributed by atoms with Crippen molar-refractivity contribution in [1.82, 2.24) is 24.6 Å². The van der Waals surface area contributed by atoms with Crippen LogP contribution in [0.2, 0.25) is 0 Å². The largest absolute Gasteiger partial charge is 0.408 e. The molecule has 2 aliphatic heterocycles. The van der Waals surface area contributed by atoms with Gasteiger partial charge in [0.25, 0.3) is 5.91 Å². The fraction of sp³-hybridized carbons (Fsp3) is 0.391. The van der Waals surface area contributed by atoms with E-state index in [0.717, 1.165) is 17.2 Å². The van der Waals surface area contributed by atoms with Gasteiger partial charge in [-0.1, -0.05) is 0 Å². The number of nitrogens with two attached hydrogens (primary N) is 1. The third kappa shape index (κ3) is 4.22. The molecule has 0 aliphatic carbocycles. The zero-order valence-electron chi connectivity index (χ0n) is 18.8. The van der Waals surface area contributed by atoms with Crippen LogP contribution >= 0.6 is 0 Å². The number of likely N-dealkylation sites (tertiary alicyclic amines) is 2. The number of carbonyl (C=O) groups is 2. The molecule has 1 atom stereocenters. The molecule has 13 heteroatoms. The second-order valence-electron chi connectivity index (χ2n) is 8.99. The van der Waals surface area contributed by atoms with Gasteiger partial charge in [-0.05, 0) is 37.1 Å². The molecule has 190 valence electrons. The molecule has 0 radical (unpaired) electrons. The summed E-state index contributed by atoms with van der Waals surface area (Å²) in [5.74, 6) is -3.03. The summed E-state index contributed by atoms with van der Waals surface area (Å²) >= 11 is 0. The van der Waals surface area contributed by atoms with Gasteiger partial charge in [0, 0.05) is 30.9 Å². The van der Waals surface area contributed by atoms with Gasteiger partial charge in [-0.3, -0.25) is 14.3 Å². The molecule has 0 saturated carbocycles. The molecule has 0 bridgehead atoms. The number of halogens is 5. The Labute approximate surface area is 201 Å². The van der Waals surface area contributed by atoms with E-state index in [4.69, 9.17) is 5.73 Å². The molecule has 2 aromatic heterocycles. The summed E-state index contributed by atoms with van der Waals surface area (Å²) in [6.45, 7) is -0.135. The first-order valence-corrected chi connectivity index (χ1v) is 11.3. The van der Waals surface area contributed by atoms with Crippen molar-refractivity contribution in [3.8, 4) is 0 Å². The van der Waals surface area contributed by atoms with E-state index in [-0.39, 0.29) is 49.8 Å². The molecule has 1 aromatic carbocycles. The number of nitrogens with zero attached hydrogens (tertiary/aromatic N) is 5. The van der Waals surface area contributed by atoms with Gasteiger partial charge in [-0.25, -0.2) is 13.8 Å². The quantitative estimate of drug-likeness (QED) is 0.547. The highest BCUT2D eigenvalue weighted by Crippen LogP contribution is 2.35. The van der Waals surface area contributed by atoms with Crippen LogP contribution in [0.1, 0.15) is 34.8 Å². The van der Waals surface area contributed by atoms with Crippen LogP contribution in [0.25, 0.3) is 10.9 Å². The summed E-state index contributed by atoms with van der Waals surface area (Å²) in [5, 5.41) is 4.82. The Morgan fingerprint density at radius 3 is 2.61 bits per heavy atom. The molecular weight excluding hydrogens is 487 g/mol. The third-order valence-corrected chi connectivity index (χ3v) is 6.64. The van der Waals surface area contributed by atoms with Crippen molar-refractivity contribution >= 4 is 28.5 Å². The fourth-order valence-corrected chi connectivity index (χ4v) is 4.83. The van der Waals surface area contributed by atoms with Crippen LogP contribution in [0.15, 0.2) is 30.5 Å². The number of fused-ring (bicyclic) bond motifs is 1. The Hall–Kier alpha value is -3.77. The van der Waals surface area contributed by atoms with Gasteiger partial charge in [0.05, 0.1) is 23.0 Å². The summed E-state index contributed by atoms with van der Waals surface area (Å²) in [6.07, 6.45) is -3.56. The maximum absolute atomic E-state index is 14.0. The van der Waals surface area contributed by atoms with E-state index in [1.165, 1.54) is 27.8 Å². The first-order valence-electron chi connectivity index (χ1n) is 11.3. The van der Waals surface area contributed by atoms with Crippen molar-refractivity contribution in [3.63, 3.8) is 0 Å². The lowest BCUT2D eigenvalue weighted by molar-refractivity contribution is -0.183. The number of amides is 2. The van der Waals surface area contributed by atoms with Gasteiger partial charge >= 0.3 is 6.18 Å². The van der Waals surface area contributed by atoms with Crippen molar-refractivity contribution in [2.75, 3.05) is 25.4 Å². The molecule has 36 heavy (non-hydrogen) atoms. The molecule has 5 rings (SSSR count). The van der Waals surface area contributed by atoms with Crippen LogP contribution in [0.5, 0.6) is 0 Å². The van der Waals surface area contributed by atoms with Gasteiger partial charge in [0.15, 0.2) is 5.82 Å². The number of aromatic nitrogens is 3. The Bertz CT molecular complexity index is 1350. The first-order chi connectivity index (χ1) is 17.0. The molecule has 4 heterocycles. The molecule has 2 aliphatic rings. The molecule has 2 fully saturated rings. The minimum Gasteiger partial charge on any atom is -0.384 e. The lowest BCUT2D eigenvalue weighted by atomic mass is 9.93. The summed E-state index contributed by atoms with van der Waals surface area (Å²) in [6, 6.07) is 3.13. The number of carbonyl (C=O) groups excluding carboxylic acids is 2. The second kappa shape index (κ2) is 8.71. The zero-order chi connectivity index (χ0) is 25.8. The summed E-state index contributed by atoms with van der Waals surface area (Å²) in [4.78, 5) is 31.2. The van der Waals surface area contributed by atoms with Crippen molar-refractivity contribution in [2.24, 2.45) is 0 Å². The number of rotatable bonds is 4. The lowest BCUT2D eigenvalue weighted by Gasteiger charge is -2.38.